The summed E-state index contributed by atoms with van der Waals surface area (Å²) in [6.07, 6.45) is 2.11. The van der Waals surface area contributed by atoms with Crippen LogP contribution in [0.2, 0.25) is 0 Å². The third-order valence-corrected chi connectivity index (χ3v) is 6.95. The number of carbonyl (C=O) groups is 2. The molecule has 2 bridgehead atoms. The number of aromatic nitrogens is 2. The van der Waals surface area contributed by atoms with E-state index in [1.54, 1.807) is 13.1 Å². The predicted molar refractivity (Wildman–Crippen MR) is 131 cm³/mol. The zero-order valence-corrected chi connectivity index (χ0v) is 20.8. The molecule has 36 heavy (non-hydrogen) atoms. The highest BCUT2D eigenvalue weighted by atomic mass is 19.1. The number of hydrogen-bond acceptors (Lipinski definition) is 7. The molecule has 0 unspecified atom stereocenters. The van der Waals surface area contributed by atoms with Crippen LogP contribution in [0.5, 0.6) is 5.75 Å². The minimum atomic E-state index is -0.762. The van der Waals surface area contributed by atoms with Gasteiger partial charge in [-0.05, 0) is 37.0 Å². The lowest BCUT2D eigenvalue weighted by Crippen LogP contribution is -2.39. The molecule has 11 heteroatoms. The lowest BCUT2D eigenvalue weighted by Gasteiger charge is -2.29. The highest BCUT2D eigenvalue weighted by Crippen LogP contribution is 2.29. The van der Waals surface area contributed by atoms with Gasteiger partial charge in [-0.15, -0.1) is 0 Å². The van der Waals surface area contributed by atoms with Gasteiger partial charge in [-0.1, -0.05) is 13.0 Å². The minimum Gasteiger partial charge on any atom is -0.501 e. The van der Waals surface area contributed by atoms with Crippen molar-refractivity contribution in [2.24, 2.45) is 0 Å². The van der Waals surface area contributed by atoms with E-state index in [9.17, 15) is 23.9 Å². The first-order valence-corrected chi connectivity index (χ1v) is 12.2. The molecule has 4 rings (SSSR count). The van der Waals surface area contributed by atoms with E-state index in [0.717, 1.165) is 0 Å². The molecule has 1 aromatic heterocycles. The van der Waals surface area contributed by atoms with Gasteiger partial charge in [0, 0.05) is 39.3 Å². The molecular weight excluding hydrogens is 469 g/mol. The summed E-state index contributed by atoms with van der Waals surface area (Å²) in [5.74, 6) is -1.86. The van der Waals surface area contributed by atoms with Crippen LogP contribution in [0.25, 0.3) is 0 Å². The topological polar surface area (TPSA) is 117 Å². The first-order valence-electron chi connectivity index (χ1n) is 12.2. The number of halogens is 1. The molecule has 2 atom stereocenters. The van der Waals surface area contributed by atoms with Gasteiger partial charge in [-0.25, -0.2) is 9.37 Å². The molecule has 194 valence electrons. The van der Waals surface area contributed by atoms with Crippen molar-refractivity contribution in [2.45, 2.75) is 51.2 Å². The highest BCUT2D eigenvalue weighted by molar-refractivity contribution is 5.94. The van der Waals surface area contributed by atoms with Crippen LogP contribution in [0, 0.1) is 5.82 Å². The molecule has 0 radical (unpaired) electrons. The SMILES string of the molecule is CC[C@H]1COC[C@@H]2c3nc(c(O)c(=O)n31)C(=O)NCc1ccc(F)cc1N(C)CCCCC(=O)N2C. The van der Waals surface area contributed by atoms with E-state index in [-0.39, 0.29) is 37.9 Å². The van der Waals surface area contributed by atoms with Gasteiger partial charge in [-0.2, -0.15) is 0 Å². The number of benzene rings is 1. The summed E-state index contributed by atoms with van der Waals surface area (Å²) in [6.45, 7) is 2.84. The Balaban J connectivity index is 1.82. The van der Waals surface area contributed by atoms with Gasteiger partial charge in [0.15, 0.2) is 5.69 Å². The summed E-state index contributed by atoms with van der Waals surface area (Å²) in [5.41, 5.74) is 0.0982. The monoisotopic (exact) mass is 501 g/mol. The molecule has 10 nitrogen and oxygen atoms in total. The quantitative estimate of drug-likeness (QED) is 0.615. The molecule has 2 aromatic rings. The van der Waals surface area contributed by atoms with E-state index in [2.05, 4.69) is 10.3 Å². The lowest BCUT2D eigenvalue weighted by molar-refractivity contribution is -0.133. The van der Waals surface area contributed by atoms with Crippen molar-refractivity contribution in [3.8, 4) is 5.75 Å². The second-order valence-electron chi connectivity index (χ2n) is 9.30. The summed E-state index contributed by atoms with van der Waals surface area (Å²) in [5, 5.41) is 13.4. The zero-order chi connectivity index (χ0) is 26.0. The average Bonchev–Trinajstić information content (AvgIpc) is 3.05. The average molecular weight is 502 g/mol. The molecule has 2 N–H and O–H groups in total. The van der Waals surface area contributed by atoms with Crippen molar-refractivity contribution >= 4 is 17.5 Å². The summed E-state index contributed by atoms with van der Waals surface area (Å²) >= 11 is 0. The Kier molecular flexibility index (Phi) is 7.58. The minimum absolute atomic E-state index is 0.0425. The Morgan fingerprint density at radius 1 is 1.19 bits per heavy atom. The van der Waals surface area contributed by atoms with Crippen molar-refractivity contribution in [3.63, 3.8) is 0 Å². The fourth-order valence-corrected chi connectivity index (χ4v) is 4.73. The second kappa shape index (κ2) is 10.7. The molecule has 0 spiro atoms. The standard InChI is InChI=1S/C25H32FN5O5/c1-4-17-13-36-14-19-23-28-21(22(33)25(35)31(17)23)24(34)27-12-15-8-9-16(26)11-18(15)29(2)10-6-5-7-20(32)30(19)3/h8-9,11,17,19,33H,4-7,10,12-14H2,1-3H3,(H,27,34)/t17-,19+/m0/s1. The van der Waals surface area contributed by atoms with E-state index in [1.165, 1.54) is 21.6 Å². The number of nitrogens with zero attached hydrogens (tertiary/aromatic N) is 4. The Morgan fingerprint density at radius 2 is 1.97 bits per heavy atom. The fourth-order valence-electron chi connectivity index (χ4n) is 4.73. The van der Waals surface area contributed by atoms with Crippen LogP contribution in [0.15, 0.2) is 23.0 Å². The molecule has 2 aliphatic heterocycles. The van der Waals surface area contributed by atoms with Crippen LogP contribution < -0.4 is 15.8 Å². The maximum Gasteiger partial charge on any atom is 0.296 e. The second-order valence-corrected chi connectivity index (χ2v) is 9.30. The number of ether oxygens (including phenoxy) is 1. The Morgan fingerprint density at radius 3 is 2.72 bits per heavy atom. The van der Waals surface area contributed by atoms with Gasteiger partial charge in [0.2, 0.25) is 11.7 Å². The summed E-state index contributed by atoms with van der Waals surface area (Å²) in [4.78, 5) is 47.3. The third-order valence-electron chi connectivity index (χ3n) is 6.95. The van der Waals surface area contributed by atoms with Gasteiger partial charge in [0.25, 0.3) is 11.5 Å². The van der Waals surface area contributed by atoms with Crippen LogP contribution in [0.1, 0.15) is 66.6 Å². The van der Waals surface area contributed by atoms with Gasteiger partial charge in [0.05, 0.1) is 19.3 Å². The van der Waals surface area contributed by atoms with Gasteiger partial charge in [0.1, 0.15) is 17.7 Å². The molecule has 2 amide bonds. The molecule has 2 aliphatic rings. The molecule has 0 aliphatic carbocycles. The van der Waals surface area contributed by atoms with Gasteiger partial charge < -0.3 is 25.0 Å². The number of fused-ring (bicyclic) bond motifs is 2. The van der Waals surface area contributed by atoms with Crippen molar-refractivity contribution in [1.29, 1.82) is 0 Å². The fraction of sp³-hybridized carbons (Fsp3) is 0.520. The maximum absolute atomic E-state index is 14.0. The van der Waals surface area contributed by atoms with Crippen LogP contribution in [0.3, 0.4) is 0 Å². The molecule has 0 saturated carbocycles. The van der Waals surface area contributed by atoms with Crippen LogP contribution in [0.4, 0.5) is 10.1 Å². The number of aromatic hydroxyl groups is 1. The number of rotatable bonds is 1. The zero-order valence-electron chi connectivity index (χ0n) is 20.8. The number of carbonyl (C=O) groups excluding carboxylic acids is 2. The normalized spacial score (nSPS) is 21.6. The van der Waals surface area contributed by atoms with E-state index in [4.69, 9.17) is 4.74 Å². The largest absolute Gasteiger partial charge is 0.501 e. The number of nitrogens with one attached hydrogen (secondary N) is 1. The van der Waals surface area contributed by atoms with Gasteiger partial charge in [-0.3, -0.25) is 19.0 Å². The van der Waals surface area contributed by atoms with E-state index in [1.807, 2.05) is 18.9 Å². The summed E-state index contributed by atoms with van der Waals surface area (Å²) in [7, 11) is 3.45. The number of amides is 2. The molecule has 3 heterocycles. The number of anilines is 1. The van der Waals surface area contributed by atoms with Crippen LogP contribution in [-0.4, -0.2) is 65.2 Å². The highest BCUT2D eigenvalue weighted by Gasteiger charge is 2.34. The predicted octanol–water partition coefficient (Wildman–Crippen LogP) is 2.12. The van der Waals surface area contributed by atoms with Crippen molar-refractivity contribution in [3.05, 3.63) is 51.5 Å². The van der Waals surface area contributed by atoms with Crippen molar-refractivity contribution in [1.82, 2.24) is 19.8 Å². The van der Waals surface area contributed by atoms with E-state index < -0.39 is 40.8 Å². The third kappa shape index (κ3) is 4.92. The molecular formula is C25H32FN5O5. The van der Waals surface area contributed by atoms with Crippen LogP contribution in [-0.2, 0) is 16.1 Å². The van der Waals surface area contributed by atoms with E-state index in [0.29, 0.717) is 37.1 Å². The first-order chi connectivity index (χ1) is 17.2. The Bertz CT molecular complexity index is 1220. The molecule has 1 aromatic carbocycles. The number of hydrogen-bond donors (Lipinski definition) is 2. The number of likely N-dealkylation sites (N-methyl/N-ethyl adjacent to an activating group) is 1. The summed E-state index contributed by atoms with van der Waals surface area (Å²) < 4.78 is 21.2. The molecule has 0 fully saturated rings. The first kappa shape index (κ1) is 25.6. The smallest absolute Gasteiger partial charge is 0.296 e. The summed E-state index contributed by atoms with van der Waals surface area (Å²) in [6, 6.07) is 3.18. The van der Waals surface area contributed by atoms with Crippen LogP contribution >= 0.6 is 0 Å². The van der Waals surface area contributed by atoms with Gasteiger partial charge >= 0.3 is 0 Å². The van der Waals surface area contributed by atoms with Crippen molar-refractivity contribution < 1.29 is 23.8 Å². The van der Waals surface area contributed by atoms with Crippen molar-refractivity contribution in [2.75, 3.05) is 38.8 Å². The lowest BCUT2D eigenvalue weighted by atomic mass is 10.1. The maximum atomic E-state index is 14.0. The Hall–Kier alpha value is -3.47. The molecule has 0 saturated heterocycles. The van der Waals surface area contributed by atoms with E-state index >= 15 is 0 Å². The Labute approximate surface area is 208 Å².